The summed E-state index contributed by atoms with van der Waals surface area (Å²) < 4.78 is 43.7. The Morgan fingerprint density at radius 2 is 1.81 bits per heavy atom. The Morgan fingerprint density at radius 3 is 2.19 bits per heavy atom. The molecule has 0 aliphatic heterocycles. The van der Waals surface area contributed by atoms with Crippen LogP contribution in [-0.2, 0) is 0 Å². The van der Waals surface area contributed by atoms with Crippen molar-refractivity contribution in [1.29, 1.82) is 0 Å². The van der Waals surface area contributed by atoms with E-state index in [4.69, 9.17) is 0 Å². The van der Waals surface area contributed by atoms with Gasteiger partial charge in [-0.3, -0.25) is 14.9 Å². The lowest BCUT2D eigenvalue weighted by Gasteiger charge is -2.07. The van der Waals surface area contributed by atoms with Gasteiger partial charge < -0.3 is 4.74 Å². The zero-order valence-electron chi connectivity index (χ0n) is 7.79. The first-order chi connectivity index (χ1) is 7.45. The summed E-state index contributed by atoms with van der Waals surface area (Å²) in [6, 6.07) is 0. The van der Waals surface area contributed by atoms with Gasteiger partial charge in [0.15, 0.2) is 12.0 Å². The molecule has 0 aromatic heterocycles. The average molecular weight is 235 g/mol. The van der Waals surface area contributed by atoms with Crippen LogP contribution in [0.4, 0.5) is 18.9 Å². The van der Waals surface area contributed by atoms with Gasteiger partial charge in [-0.15, -0.1) is 0 Å². The number of carbonyl (C=O) groups is 1. The predicted molar refractivity (Wildman–Crippen MR) is 44.9 cm³/mol. The normalized spacial score (nSPS) is 10.0. The van der Waals surface area contributed by atoms with Crippen molar-refractivity contribution in [2.75, 3.05) is 7.11 Å². The summed E-state index contributed by atoms with van der Waals surface area (Å²) in [7, 11) is 0.871. The number of benzene rings is 1. The van der Waals surface area contributed by atoms with Gasteiger partial charge in [0.2, 0.25) is 17.5 Å². The molecule has 0 radical (unpaired) electrons. The maximum atomic E-state index is 13.3. The van der Waals surface area contributed by atoms with E-state index in [0.717, 1.165) is 7.11 Å². The van der Waals surface area contributed by atoms with Gasteiger partial charge in [-0.05, 0) is 0 Å². The molecule has 1 aromatic rings. The largest absolute Gasteiger partial charge is 0.493 e. The number of nitro benzene ring substituents is 1. The minimum atomic E-state index is -2.01. The maximum Gasteiger partial charge on any atom is 0.344 e. The van der Waals surface area contributed by atoms with Gasteiger partial charge in [0, 0.05) is 0 Å². The highest BCUT2D eigenvalue weighted by atomic mass is 19.2. The number of halogens is 3. The third kappa shape index (κ3) is 1.58. The molecule has 0 heterocycles. The van der Waals surface area contributed by atoms with Gasteiger partial charge in [-0.25, -0.2) is 0 Å². The molecule has 0 aliphatic rings. The van der Waals surface area contributed by atoms with Crippen LogP contribution in [-0.4, -0.2) is 18.3 Å². The lowest BCUT2D eigenvalue weighted by molar-refractivity contribution is -0.390. The number of hydrogen-bond donors (Lipinski definition) is 0. The Hall–Kier alpha value is -2.12. The van der Waals surface area contributed by atoms with E-state index in [2.05, 4.69) is 4.74 Å². The molecule has 0 aliphatic carbocycles. The van der Waals surface area contributed by atoms with Gasteiger partial charge in [0.25, 0.3) is 0 Å². The molecule has 0 unspecified atom stereocenters. The molecular formula is C8H4F3NO4. The van der Waals surface area contributed by atoms with Crippen LogP contribution in [0.15, 0.2) is 0 Å². The molecule has 0 atom stereocenters. The molecule has 5 nitrogen and oxygen atoms in total. The summed E-state index contributed by atoms with van der Waals surface area (Å²) in [5.74, 6) is -6.56. The van der Waals surface area contributed by atoms with E-state index in [9.17, 15) is 28.1 Å². The molecule has 0 N–H and O–H groups in total. The van der Waals surface area contributed by atoms with Crippen LogP contribution in [0.5, 0.6) is 5.75 Å². The van der Waals surface area contributed by atoms with Crippen LogP contribution in [0, 0.1) is 27.6 Å². The smallest absolute Gasteiger partial charge is 0.344 e. The third-order valence-electron chi connectivity index (χ3n) is 1.79. The Morgan fingerprint density at radius 1 is 1.25 bits per heavy atom. The molecule has 0 amide bonds. The molecule has 1 aromatic carbocycles. The first kappa shape index (κ1) is 12.0. The molecule has 86 valence electrons. The number of methoxy groups -OCH3 is 1. The van der Waals surface area contributed by atoms with E-state index in [1.54, 1.807) is 0 Å². The van der Waals surface area contributed by atoms with Crippen LogP contribution in [0.2, 0.25) is 0 Å². The highest BCUT2D eigenvalue weighted by Crippen LogP contribution is 2.34. The summed E-state index contributed by atoms with van der Waals surface area (Å²) >= 11 is 0. The first-order valence-corrected chi connectivity index (χ1v) is 3.79. The van der Waals surface area contributed by atoms with Gasteiger partial charge >= 0.3 is 5.69 Å². The number of rotatable bonds is 3. The second-order valence-electron chi connectivity index (χ2n) is 2.61. The molecular weight excluding hydrogens is 231 g/mol. The van der Waals surface area contributed by atoms with E-state index >= 15 is 0 Å². The van der Waals surface area contributed by atoms with Crippen molar-refractivity contribution >= 4 is 12.0 Å². The quantitative estimate of drug-likeness (QED) is 0.347. The molecule has 16 heavy (non-hydrogen) atoms. The van der Waals surface area contributed by atoms with Crippen molar-refractivity contribution in [2.24, 2.45) is 0 Å². The van der Waals surface area contributed by atoms with E-state index in [-0.39, 0.29) is 6.29 Å². The van der Waals surface area contributed by atoms with E-state index < -0.39 is 39.4 Å². The van der Waals surface area contributed by atoms with Crippen LogP contribution in [0.1, 0.15) is 10.4 Å². The summed E-state index contributed by atoms with van der Waals surface area (Å²) in [5, 5.41) is 10.3. The average Bonchev–Trinajstić information content (AvgIpc) is 2.22. The molecule has 1 rings (SSSR count). The lowest BCUT2D eigenvalue weighted by Crippen LogP contribution is -2.07. The first-order valence-electron chi connectivity index (χ1n) is 3.79. The second-order valence-corrected chi connectivity index (χ2v) is 2.61. The van der Waals surface area contributed by atoms with Crippen LogP contribution >= 0.6 is 0 Å². The number of aldehydes is 1. The minimum absolute atomic E-state index is 0.191. The third-order valence-corrected chi connectivity index (χ3v) is 1.79. The monoisotopic (exact) mass is 235 g/mol. The van der Waals surface area contributed by atoms with Crippen LogP contribution < -0.4 is 4.74 Å². The summed E-state index contributed by atoms with van der Waals surface area (Å²) in [5.41, 5.74) is -2.76. The van der Waals surface area contributed by atoms with E-state index in [1.165, 1.54) is 0 Å². The van der Waals surface area contributed by atoms with Gasteiger partial charge in [-0.2, -0.15) is 13.2 Å². The number of nitro groups is 1. The summed E-state index contributed by atoms with van der Waals surface area (Å²) in [6.07, 6.45) is -0.191. The number of nitrogens with zero attached hydrogens (tertiary/aromatic N) is 1. The maximum absolute atomic E-state index is 13.3. The van der Waals surface area contributed by atoms with Gasteiger partial charge in [0.05, 0.1) is 12.0 Å². The molecule has 0 saturated heterocycles. The number of hydrogen-bond acceptors (Lipinski definition) is 4. The zero-order valence-corrected chi connectivity index (χ0v) is 7.79. The van der Waals surface area contributed by atoms with Crippen molar-refractivity contribution in [2.45, 2.75) is 0 Å². The zero-order chi connectivity index (χ0) is 12.5. The SMILES string of the molecule is COc1c(F)c(F)c([N+](=O)[O-])c(F)c1C=O. The lowest BCUT2D eigenvalue weighted by atomic mass is 10.1. The molecule has 0 spiro atoms. The Kier molecular flexibility index (Phi) is 3.11. The van der Waals surface area contributed by atoms with Gasteiger partial charge in [-0.1, -0.05) is 0 Å². The number of ether oxygens (including phenoxy) is 1. The standard InChI is InChI=1S/C8H4F3NO4/c1-16-8-3(2-13)4(9)7(12(14)15)5(10)6(8)11/h2H,1H3. The van der Waals surface area contributed by atoms with Crippen molar-refractivity contribution in [1.82, 2.24) is 0 Å². The highest BCUT2D eigenvalue weighted by molar-refractivity contribution is 5.81. The molecule has 0 saturated carbocycles. The molecule has 0 bridgehead atoms. The minimum Gasteiger partial charge on any atom is -0.493 e. The summed E-state index contributed by atoms with van der Waals surface area (Å²) in [4.78, 5) is 19.2. The van der Waals surface area contributed by atoms with Gasteiger partial charge in [0.1, 0.15) is 5.56 Å². The van der Waals surface area contributed by atoms with Crippen molar-refractivity contribution in [3.05, 3.63) is 33.1 Å². The van der Waals surface area contributed by atoms with Crippen LogP contribution in [0.3, 0.4) is 0 Å². The Labute approximate surface area is 86.6 Å². The van der Waals surface area contributed by atoms with E-state index in [1.807, 2.05) is 0 Å². The predicted octanol–water partition coefficient (Wildman–Crippen LogP) is 1.83. The highest BCUT2D eigenvalue weighted by Gasteiger charge is 2.32. The van der Waals surface area contributed by atoms with Crippen molar-refractivity contribution in [3.8, 4) is 5.75 Å². The second kappa shape index (κ2) is 4.17. The van der Waals surface area contributed by atoms with Crippen LogP contribution in [0.25, 0.3) is 0 Å². The topological polar surface area (TPSA) is 69.4 Å². The van der Waals surface area contributed by atoms with E-state index in [0.29, 0.717) is 0 Å². The fraction of sp³-hybridized carbons (Fsp3) is 0.125. The Balaban J connectivity index is 3.76. The summed E-state index contributed by atoms with van der Waals surface area (Å²) in [6.45, 7) is 0. The van der Waals surface area contributed by atoms with Crippen molar-refractivity contribution in [3.63, 3.8) is 0 Å². The molecule has 8 heteroatoms. The molecule has 0 fully saturated rings. The fourth-order valence-corrected chi connectivity index (χ4v) is 1.11. The van der Waals surface area contributed by atoms with Crippen molar-refractivity contribution < 1.29 is 27.6 Å². The fourth-order valence-electron chi connectivity index (χ4n) is 1.11. The number of carbonyl (C=O) groups excluding carboxylic acids is 1. The Bertz CT molecular complexity index is 475.